The van der Waals surface area contributed by atoms with E-state index in [1.54, 1.807) is 17.0 Å². The van der Waals surface area contributed by atoms with Gasteiger partial charge in [0, 0.05) is 19.4 Å². The first-order valence-electron chi connectivity index (χ1n) is 5.86. The Morgan fingerprint density at radius 2 is 1.94 bits per heavy atom. The molecule has 1 amide bonds. The van der Waals surface area contributed by atoms with Gasteiger partial charge in [0.25, 0.3) is 0 Å². The molecule has 0 spiro atoms. The topological polar surface area (TPSA) is 46.9 Å². The predicted octanol–water partition coefficient (Wildman–Crippen LogP) is 2.34. The number of benzene rings is 1. The van der Waals surface area contributed by atoms with Crippen LogP contribution >= 0.6 is 0 Å². The summed E-state index contributed by atoms with van der Waals surface area (Å²) < 4.78 is 1.78. The molecule has 18 heavy (non-hydrogen) atoms. The summed E-state index contributed by atoms with van der Waals surface area (Å²) in [6.45, 7) is 3.81. The van der Waals surface area contributed by atoms with Crippen molar-refractivity contribution in [1.29, 1.82) is 0 Å². The molecular formula is C14H17N3O. The van der Waals surface area contributed by atoms with Crippen molar-refractivity contribution in [2.75, 3.05) is 5.32 Å². The van der Waals surface area contributed by atoms with Crippen molar-refractivity contribution in [3.8, 4) is 0 Å². The molecule has 1 aromatic carbocycles. The molecule has 94 valence electrons. The summed E-state index contributed by atoms with van der Waals surface area (Å²) in [7, 11) is 1.85. The lowest BCUT2D eigenvalue weighted by atomic mass is 9.84. The van der Waals surface area contributed by atoms with E-state index >= 15 is 0 Å². The average molecular weight is 243 g/mol. The van der Waals surface area contributed by atoms with Gasteiger partial charge in [-0.25, -0.2) is 4.98 Å². The maximum absolute atomic E-state index is 12.3. The number of hydrogen-bond acceptors (Lipinski definition) is 2. The van der Waals surface area contributed by atoms with Gasteiger partial charge in [-0.1, -0.05) is 30.3 Å². The van der Waals surface area contributed by atoms with E-state index in [-0.39, 0.29) is 5.91 Å². The van der Waals surface area contributed by atoms with Crippen molar-refractivity contribution >= 4 is 11.9 Å². The number of rotatable bonds is 3. The van der Waals surface area contributed by atoms with Crippen molar-refractivity contribution in [3.05, 3.63) is 48.3 Å². The Morgan fingerprint density at radius 3 is 2.50 bits per heavy atom. The first-order chi connectivity index (χ1) is 8.51. The number of carbonyl (C=O) groups excluding carboxylic acids is 1. The number of aromatic nitrogens is 2. The first-order valence-corrected chi connectivity index (χ1v) is 5.86. The molecule has 0 aliphatic carbocycles. The van der Waals surface area contributed by atoms with Crippen molar-refractivity contribution < 1.29 is 4.79 Å². The number of hydrogen-bond donors (Lipinski definition) is 1. The molecule has 0 saturated carbocycles. The van der Waals surface area contributed by atoms with Crippen LogP contribution in [0, 0.1) is 0 Å². The number of aryl methyl sites for hydroxylation is 1. The molecule has 1 N–H and O–H groups in total. The predicted molar refractivity (Wildman–Crippen MR) is 71.3 cm³/mol. The van der Waals surface area contributed by atoms with E-state index < -0.39 is 5.41 Å². The summed E-state index contributed by atoms with van der Waals surface area (Å²) in [5, 5.41) is 2.84. The largest absolute Gasteiger partial charge is 0.320 e. The number of nitrogens with zero attached hydrogens (tertiary/aromatic N) is 2. The van der Waals surface area contributed by atoms with Gasteiger partial charge in [0.2, 0.25) is 11.9 Å². The van der Waals surface area contributed by atoms with Crippen molar-refractivity contribution in [3.63, 3.8) is 0 Å². The second-order valence-corrected chi connectivity index (χ2v) is 4.81. The van der Waals surface area contributed by atoms with E-state index in [1.165, 1.54) is 0 Å². The van der Waals surface area contributed by atoms with E-state index in [1.807, 2.05) is 51.2 Å². The van der Waals surface area contributed by atoms with Crippen LogP contribution in [-0.2, 0) is 17.3 Å². The van der Waals surface area contributed by atoms with Crippen LogP contribution < -0.4 is 5.32 Å². The summed E-state index contributed by atoms with van der Waals surface area (Å²) in [4.78, 5) is 16.4. The van der Waals surface area contributed by atoms with Gasteiger partial charge < -0.3 is 4.57 Å². The van der Waals surface area contributed by atoms with E-state index in [0.29, 0.717) is 5.95 Å². The number of amides is 1. The van der Waals surface area contributed by atoms with Crippen molar-refractivity contribution in [1.82, 2.24) is 9.55 Å². The maximum Gasteiger partial charge on any atom is 0.236 e. The zero-order valence-corrected chi connectivity index (χ0v) is 10.8. The Bertz CT molecular complexity index is 543. The highest BCUT2D eigenvalue weighted by atomic mass is 16.2. The van der Waals surface area contributed by atoms with Gasteiger partial charge in [-0.15, -0.1) is 0 Å². The van der Waals surface area contributed by atoms with Crippen LogP contribution in [0.1, 0.15) is 19.4 Å². The SMILES string of the molecule is Cn1ccnc1NC(=O)C(C)(C)c1ccccc1. The second kappa shape index (κ2) is 4.64. The Kier molecular flexibility index (Phi) is 3.19. The number of imidazole rings is 1. The van der Waals surface area contributed by atoms with E-state index in [2.05, 4.69) is 10.3 Å². The summed E-state index contributed by atoms with van der Waals surface area (Å²) in [5.41, 5.74) is 0.393. The number of carbonyl (C=O) groups is 1. The molecule has 1 aromatic heterocycles. The molecule has 1 heterocycles. The highest BCUT2D eigenvalue weighted by Gasteiger charge is 2.30. The molecular weight excluding hydrogens is 226 g/mol. The van der Waals surface area contributed by atoms with Crippen LogP contribution in [0.4, 0.5) is 5.95 Å². The molecule has 2 rings (SSSR count). The van der Waals surface area contributed by atoms with E-state index in [9.17, 15) is 4.79 Å². The minimum atomic E-state index is -0.590. The van der Waals surface area contributed by atoms with Crippen LogP contribution in [0.25, 0.3) is 0 Å². The first kappa shape index (κ1) is 12.4. The van der Waals surface area contributed by atoms with E-state index in [4.69, 9.17) is 0 Å². The van der Waals surface area contributed by atoms with Crippen LogP contribution in [0.3, 0.4) is 0 Å². The van der Waals surface area contributed by atoms with Crippen molar-refractivity contribution in [2.45, 2.75) is 19.3 Å². The molecule has 0 bridgehead atoms. The fourth-order valence-electron chi connectivity index (χ4n) is 1.73. The Hall–Kier alpha value is -2.10. The van der Waals surface area contributed by atoms with Gasteiger partial charge in [0.15, 0.2) is 0 Å². The van der Waals surface area contributed by atoms with Gasteiger partial charge in [-0.3, -0.25) is 10.1 Å². The molecule has 0 aliphatic heterocycles. The molecule has 0 atom stereocenters. The van der Waals surface area contributed by atoms with Crippen LogP contribution in [-0.4, -0.2) is 15.5 Å². The lowest BCUT2D eigenvalue weighted by molar-refractivity contribution is -0.120. The van der Waals surface area contributed by atoms with Gasteiger partial charge >= 0.3 is 0 Å². The summed E-state index contributed by atoms with van der Waals surface area (Å²) in [6.07, 6.45) is 3.45. The highest BCUT2D eigenvalue weighted by Crippen LogP contribution is 2.24. The fourth-order valence-corrected chi connectivity index (χ4v) is 1.73. The van der Waals surface area contributed by atoms with Gasteiger partial charge in [-0.2, -0.15) is 0 Å². The zero-order valence-electron chi connectivity index (χ0n) is 10.8. The highest BCUT2D eigenvalue weighted by molar-refractivity contribution is 5.97. The lowest BCUT2D eigenvalue weighted by Gasteiger charge is -2.23. The number of anilines is 1. The fraction of sp³-hybridized carbons (Fsp3) is 0.286. The Labute approximate surface area is 107 Å². The Balaban J connectivity index is 2.21. The van der Waals surface area contributed by atoms with Crippen LogP contribution in [0.2, 0.25) is 0 Å². The van der Waals surface area contributed by atoms with Crippen molar-refractivity contribution in [2.24, 2.45) is 7.05 Å². The van der Waals surface area contributed by atoms with E-state index in [0.717, 1.165) is 5.56 Å². The summed E-state index contributed by atoms with van der Waals surface area (Å²) >= 11 is 0. The third kappa shape index (κ3) is 2.27. The number of nitrogens with one attached hydrogen (secondary N) is 1. The normalized spacial score (nSPS) is 11.3. The maximum atomic E-state index is 12.3. The minimum absolute atomic E-state index is 0.0667. The molecule has 4 nitrogen and oxygen atoms in total. The van der Waals surface area contributed by atoms with Crippen LogP contribution in [0.5, 0.6) is 0 Å². The average Bonchev–Trinajstić information content (AvgIpc) is 2.76. The smallest absolute Gasteiger partial charge is 0.236 e. The quantitative estimate of drug-likeness (QED) is 0.899. The molecule has 2 aromatic rings. The molecule has 0 unspecified atom stereocenters. The lowest BCUT2D eigenvalue weighted by Crippen LogP contribution is -2.35. The molecule has 0 aliphatic rings. The monoisotopic (exact) mass is 243 g/mol. The van der Waals surface area contributed by atoms with Gasteiger partial charge in [0.05, 0.1) is 5.41 Å². The zero-order chi connectivity index (χ0) is 13.2. The summed E-state index contributed by atoms with van der Waals surface area (Å²) in [5.74, 6) is 0.493. The molecule has 0 saturated heterocycles. The molecule has 0 fully saturated rings. The molecule has 0 radical (unpaired) electrons. The van der Waals surface area contributed by atoms with Gasteiger partial charge in [0.1, 0.15) is 0 Å². The summed E-state index contributed by atoms with van der Waals surface area (Å²) in [6, 6.07) is 9.72. The minimum Gasteiger partial charge on any atom is -0.320 e. The third-order valence-electron chi connectivity index (χ3n) is 3.11. The van der Waals surface area contributed by atoms with Crippen LogP contribution in [0.15, 0.2) is 42.7 Å². The Morgan fingerprint density at radius 1 is 1.28 bits per heavy atom. The third-order valence-corrected chi connectivity index (χ3v) is 3.11. The molecule has 4 heteroatoms. The standard InChI is InChI=1S/C14H17N3O/c1-14(2,11-7-5-4-6-8-11)12(18)16-13-15-9-10-17(13)3/h4-10H,1-3H3,(H,15,16,18). The van der Waals surface area contributed by atoms with Gasteiger partial charge in [-0.05, 0) is 19.4 Å². The second-order valence-electron chi connectivity index (χ2n) is 4.81.